The molecule has 0 fully saturated rings. The lowest BCUT2D eigenvalue weighted by Crippen LogP contribution is -2.34. The number of nitrogen functional groups attached to an aromatic ring is 1. The number of sulfonamides is 1. The summed E-state index contributed by atoms with van der Waals surface area (Å²) in [5.41, 5.74) is 5.94. The Kier molecular flexibility index (Phi) is 6.58. The molecule has 0 spiro atoms. The van der Waals surface area contributed by atoms with Crippen LogP contribution < -0.4 is 10.5 Å². The Hall–Kier alpha value is -1.66. The Labute approximate surface area is 125 Å². The van der Waals surface area contributed by atoms with E-state index in [0.29, 0.717) is 25.4 Å². The average Bonchev–Trinajstić information content (AvgIpc) is 2.44. The van der Waals surface area contributed by atoms with E-state index in [1.54, 1.807) is 7.11 Å². The quantitative estimate of drug-likeness (QED) is 0.654. The second-order valence-electron chi connectivity index (χ2n) is 4.56. The summed E-state index contributed by atoms with van der Waals surface area (Å²) in [6.07, 6.45) is 0. The minimum absolute atomic E-state index is 0.0373. The Morgan fingerprint density at radius 2 is 2.14 bits per heavy atom. The molecule has 0 saturated heterocycles. The van der Waals surface area contributed by atoms with Gasteiger partial charge in [0.25, 0.3) is 0 Å². The zero-order valence-electron chi connectivity index (χ0n) is 12.2. The van der Waals surface area contributed by atoms with E-state index in [0.717, 1.165) is 0 Å². The molecule has 0 aromatic heterocycles. The van der Waals surface area contributed by atoms with E-state index in [2.05, 4.69) is 4.72 Å². The maximum absolute atomic E-state index is 12.2. The van der Waals surface area contributed by atoms with E-state index >= 15 is 0 Å². The van der Waals surface area contributed by atoms with Gasteiger partial charge in [-0.1, -0.05) is 0 Å². The van der Waals surface area contributed by atoms with Crippen molar-refractivity contribution >= 4 is 15.7 Å². The highest BCUT2D eigenvalue weighted by Gasteiger charge is 2.18. The molecule has 0 amide bonds. The summed E-state index contributed by atoms with van der Waals surface area (Å²) in [6, 6.07) is 5.99. The fraction of sp³-hybridized carbons (Fsp3) is 0.462. The van der Waals surface area contributed by atoms with Crippen LogP contribution in [0.1, 0.15) is 5.56 Å². The van der Waals surface area contributed by atoms with E-state index < -0.39 is 10.0 Å². The molecule has 0 unspecified atom stereocenters. The smallest absolute Gasteiger partial charge is 0.241 e. The third-order valence-corrected chi connectivity index (χ3v) is 4.40. The van der Waals surface area contributed by atoms with Crippen LogP contribution in [-0.2, 0) is 14.8 Å². The first-order chi connectivity index (χ1) is 9.90. The van der Waals surface area contributed by atoms with Crippen molar-refractivity contribution in [3.63, 3.8) is 0 Å². The van der Waals surface area contributed by atoms with Gasteiger partial charge in [0.15, 0.2) is 0 Å². The number of methoxy groups -OCH3 is 1. The summed E-state index contributed by atoms with van der Waals surface area (Å²) < 4.78 is 31.8. The molecule has 0 bridgehead atoms. The van der Waals surface area contributed by atoms with Crippen molar-refractivity contribution in [2.45, 2.75) is 4.90 Å². The summed E-state index contributed by atoms with van der Waals surface area (Å²) >= 11 is 0. The van der Waals surface area contributed by atoms with E-state index in [1.807, 2.05) is 18.0 Å². The van der Waals surface area contributed by atoms with Gasteiger partial charge in [0, 0.05) is 32.4 Å². The number of benzene rings is 1. The van der Waals surface area contributed by atoms with Gasteiger partial charge in [0.05, 0.1) is 17.1 Å². The maximum Gasteiger partial charge on any atom is 0.241 e. The van der Waals surface area contributed by atoms with Crippen molar-refractivity contribution < 1.29 is 13.2 Å². The standard InChI is InChI=1S/C13H20N4O3S/c1-17(7-8-20-2)6-5-16-21(18,19)13-4-3-12(15)9-11(13)10-14/h3-4,9,16H,5-8,15H2,1-2H3. The van der Waals surface area contributed by atoms with Gasteiger partial charge >= 0.3 is 0 Å². The number of likely N-dealkylation sites (N-methyl/N-ethyl adjacent to an activating group) is 1. The number of hydrogen-bond donors (Lipinski definition) is 2. The Morgan fingerprint density at radius 1 is 1.43 bits per heavy atom. The minimum atomic E-state index is -3.72. The minimum Gasteiger partial charge on any atom is -0.399 e. The van der Waals surface area contributed by atoms with Crippen LogP contribution in [0.3, 0.4) is 0 Å². The highest BCUT2D eigenvalue weighted by Crippen LogP contribution is 2.17. The maximum atomic E-state index is 12.2. The molecule has 0 atom stereocenters. The molecule has 0 aliphatic rings. The molecule has 1 aromatic rings. The van der Waals surface area contributed by atoms with Gasteiger partial charge < -0.3 is 15.4 Å². The van der Waals surface area contributed by atoms with Gasteiger partial charge in [-0.05, 0) is 25.2 Å². The molecule has 0 aliphatic heterocycles. The fourth-order valence-corrected chi connectivity index (χ4v) is 2.83. The third-order valence-electron chi connectivity index (χ3n) is 2.88. The van der Waals surface area contributed by atoms with Crippen molar-refractivity contribution in [1.82, 2.24) is 9.62 Å². The highest BCUT2D eigenvalue weighted by atomic mass is 32.2. The number of rotatable bonds is 8. The Balaban J connectivity index is 2.68. The van der Waals surface area contributed by atoms with Gasteiger partial charge in [-0.2, -0.15) is 5.26 Å². The van der Waals surface area contributed by atoms with Gasteiger partial charge in [-0.3, -0.25) is 0 Å². The number of nitrogens with one attached hydrogen (secondary N) is 1. The summed E-state index contributed by atoms with van der Waals surface area (Å²) in [7, 11) is -0.237. The van der Waals surface area contributed by atoms with E-state index in [4.69, 9.17) is 15.7 Å². The predicted molar refractivity (Wildman–Crippen MR) is 80.1 cm³/mol. The highest BCUT2D eigenvalue weighted by molar-refractivity contribution is 7.89. The molecule has 7 nitrogen and oxygen atoms in total. The molecule has 0 saturated carbocycles. The van der Waals surface area contributed by atoms with Crippen molar-refractivity contribution in [2.75, 3.05) is 46.1 Å². The van der Waals surface area contributed by atoms with Crippen LogP contribution in [0.2, 0.25) is 0 Å². The predicted octanol–water partition coefficient (Wildman–Crippen LogP) is -0.00302. The Morgan fingerprint density at radius 3 is 2.76 bits per heavy atom. The van der Waals surface area contributed by atoms with Crippen LogP contribution in [0.15, 0.2) is 23.1 Å². The second kappa shape index (κ2) is 7.95. The lowest BCUT2D eigenvalue weighted by atomic mass is 10.2. The molecule has 0 heterocycles. The largest absolute Gasteiger partial charge is 0.399 e. The summed E-state index contributed by atoms with van der Waals surface area (Å²) in [6.45, 7) is 2.08. The van der Waals surface area contributed by atoms with Crippen LogP contribution >= 0.6 is 0 Å². The molecule has 21 heavy (non-hydrogen) atoms. The van der Waals surface area contributed by atoms with Gasteiger partial charge in [0.2, 0.25) is 10.0 Å². The topological polar surface area (TPSA) is 108 Å². The van der Waals surface area contributed by atoms with Crippen LogP contribution in [0.4, 0.5) is 5.69 Å². The van der Waals surface area contributed by atoms with Gasteiger partial charge in [-0.25, -0.2) is 13.1 Å². The van der Waals surface area contributed by atoms with Crippen LogP contribution in [0.25, 0.3) is 0 Å². The van der Waals surface area contributed by atoms with E-state index in [9.17, 15) is 8.42 Å². The molecule has 116 valence electrons. The molecular weight excluding hydrogens is 292 g/mol. The lowest BCUT2D eigenvalue weighted by molar-refractivity contribution is 0.162. The van der Waals surface area contributed by atoms with Gasteiger partial charge in [-0.15, -0.1) is 0 Å². The number of anilines is 1. The van der Waals surface area contributed by atoms with Crippen LogP contribution in [0, 0.1) is 11.3 Å². The molecule has 3 N–H and O–H groups in total. The first-order valence-corrected chi connectivity index (χ1v) is 7.86. The van der Waals surface area contributed by atoms with Crippen molar-refractivity contribution in [3.8, 4) is 6.07 Å². The number of nitrogens with zero attached hydrogens (tertiary/aromatic N) is 2. The first-order valence-electron chi connectivity index (χ1n) is 6.37. The lowest BCUT2D eigenvalue weighted by Gasteiger charge is -2.16. The summed E-state index contributed by atoms with van der Waals surface area (Å²) in [5.74, 6) is 0. The SMILES string of the molecule is COCCN(C)CCNS(=O)(=O)c1ccc(N)cc1C#N. The molecule has 8 heteroatoms. The molecule has 0 radical (unpaired) electrons. The van der Waals surface area contributed by atoms with Crippen molar-refractivity contribution in [1.29, 1.82) is 5.26 Å². The number of nitriles is 1. The zero-order chi connectivity index (χ0) is 15.9. The second-order valence-corrected chi connectivity index (χ2v) is 6.30. The monoisotopic (exact) mass is 312 g/mol. The molecule has 1 aromatic carbocycles. The number of nitrogens with two attached hydrogens (primary N) is 1. The molecule has 0 aliphatic carbocycles. The van der Waals surface area contributed by atoms with E-state index in [1.165, 1.54) is 18.2 Å². The van der Waals surface area contributed by atoms with Crippen molar-refractivity contribution in [3.05, 3.63) is 23.8 Å². The first kappa shape index (κ1) is 17.4. The molecular formula is C13H20N4O3S. The summed E-state index contributed by atoms with van der Waals surface area (Å²) in [5, 5.41) is 9.00. The molecule has 1 rings (SSSR count). The summed E-state index contributed by atoms with van der Waals surface area (Å²) in [4.78, 5) is 1.89. The number of hydrogen-bond acceptors (Lipinski definition) is 6. The van der Waals surface area contributed by atoms with Crippen LogP contribution in [-0.4, -0.2) is 53.7 Å². The normalized spacial score (nSPS) is 11.5. The fourth-order valence-electron chi connectivity index (χ4n) is 1.68. The average molecular weight is 312 g/mol. The Bertz CT molecular complexity index is 610. The van der Waals surface area contributed by atoms with Crippen LogP contribution in [0.5, 0.6) is 0 Å². The van der Waals surface area contributed by atoms with Crippen molar-refractivity contribution in [2.24, 2.45) is 0 Å². The number of ether oxygens (including phenoxy) is 1. The third kappa shape index (κ3) is 5.32. The van der Waals surface area contributed by atoms with Gasteiger partial charge in [0.1, 0.15) is 6.07 Å². The zero-order valence-corrected chi connectivity index (χ0v) is 13.0. The van der Waals surface area contributed by atoms with E-state index in [-0.39, 0.29) is 17.0 Å².